The van der Waals surface area contributed by atoms with Gasteiger partial charge in [0, 0.05) is 73.8 Å². The van der Waals surface area contributed by atoms with E-state index in [2.05, 4.69) is 45.4 Å². The van der Waals surface area contributed by atoms with E-state index in [-0.39, 0.29) is 84.8 Å². The monoisotopic (exact) mass is 1360 g/mol. The van der Waals surface area contributed by atoms with Gasteiger partial charge in [-0.25, -0.2) is 29.1 Å². The number of unbranched alkanes of at least 4 members (excludes halogenated alkanes) is 2. The summed E-state index contributed by atoms with van der Waals surface area (Å²) in [6.07, 6.45) is 10.9. The topological polar surface area (TPSA) is 344 Å². The van der Waals surface area contributed by atoms with Gasteiger partial charge in [0.2, 0.25) is 23.6 Å². The summed E-state index contributed by atoms with van der Waals surface area (Å²) in [5.41, 5.74) is 9.84. The van der Waals surface area contributed by atoms with Crippen molar-refractivity contribution < 1.29 is 62.8 Å². The molecule has 27 heteroatoms. The number of nitrogens with two attached hydrogens (primary N) is 1. The van der Waals surface area contributed by atoms with Crippen LogP contribution in [0.3, 0.4) is 0 Å². The van der Waals surface area contributed by atoms with Crippen molar-refractivity contribution in [2.24, 2.45) is 27.9 Å². The highest BCUT2D eigenvalue weighted by Crippen LogP contribution is 2.72. The van der Waals surface area contributed by atoms with E-state index in [1.165, 1.54) is 33.3 Å². The van der Waals surface area contributed by atoms with Gasteiger partial charge in [-0.3, -0.25) is 34.1 Å². The molecule has 6 aromatic rings. The number of aliphatic hydroxyl groups is 1. The fraction of sp³-hybridized carbons (Fsp3) is 0.479. The lowest BCUT2D eigenvalue weighted by molar-refractivity contribution is -0.248. The summed E-state index contributed by atoms with van der Waals surface area (Å²) in [6.45, 7) is 12.5. The number of likely N-dealkylation sites (N-methyl/N-ethyl adjacent to an activating group) is 1. The zero-order chi connectivity index (χ0) is 69.7. The van der Waals surface area contributed by atoms with E-state index in [1.807, 2.05) is 35.9 Å². The van der Waals surface area contributed by atoms with Gasteiger partial charge in [0.05, 0.1) is 46.5 Å². The summed E-state index contributed by atoms with van der Waals surface area (Å²) in [5, 5.41) is 39.9. The SMILES string of the molecule is Cc1c(-c2ccc(-c3ccc4c(c3)N(C(=O)Nc3nc5ccccc5s3)CCO4)nc2C(=O)O)cnn1CC12CC3(C)CC(C)(C1)CC(OCCN(C)C(=O)OCc1ccc(NC(=O)[C@H](CCCNC(N)=O)NC(=O)[C@@H](NC(=O)CCCCCN4C(=O)C=CC4O)C(C)C)cc1)(C3)C2. The van der Waals surface area contributed by atoms with Crippen molar-refractivity contribution in [3.05, 3.63) is 114 Å². The number of aromatic carboxylic acids is 1. The van der Waals surface area contributed by atoms with Gasteiger partial charge >= 0.3 is 24.1 Å². The number of amides is 9. The van der Waals surface area contributed by atoms with Gasteiger partial charge in [0.1, 0.15) is 37.3 Å². The number of ether oxygens (including phenoxy) is 3. The van der Waals surface area contributed by atoms with E-state index >= 15 is 0 Å². The Morgan fingerprint density at radius 1 is 0.867 bits per heavy atom. The highest BCUT2D eigenvalue weighted by Gasteiger charge is 2.66. The Morgan fingerprint density at radius 3 is 2.35 bits per heavy atom. The maximum absolute atomic E-state index is 13.8. The number of aromatic nitrogens is 4. The van der Waals surface area contributed by atoms with Crippen LogP contribution in [0.15, 0.2) is 97.2 Å². The number of pyridine rings is 1. The molecule has 4 saturated carbocycles. The van der Waals surface area contributed by atoms with E-state index in [4.69, 9.17) is 30.0 Å². The summed E-state index contributed by atoms with van der Waals surface area (Å²) >= 11 is 1.38. The standard InChI is InChI=1S/C71H87N13O13S/c1-43(2)59(79-56(85)16-8-7-11-28-83-57(86)25-26-58(83)87)62(89)77-52(14-12-27-73-64(72)92)61(88)75-47-20-17-45(18-21-47)35-96-67(94)81(6)29-32-97-71-39-68(4)36-69(5,40-71)38-70(37-68,41-71)42-84-44(3)49(34-74-84)48-22-23-50(76-60(48)63(90)91)46-19-24-54-53(33-46)82(30-31-95-54)66(93)80-65-78-51-13-9-10-15-55(51)98-65/h9-10,13,15,17-26,33-34,43,52,57,59,86H,7-8,11-12,14,16,27-32,35-42H2,1-6H3,(H,75,88)(H,77,89)(H,79,85)(H,90,91)(H3,72,73,92)(H,78,80,93)/t52-,57?,59-,68?,69?,70?,71?/m0/s1. The summed E-state index contributed by atoms with van der Waals surface area (Å²) in [6, 6.07) is 20.2. The lowest BCUT2D eigenvalue weighted by Crippen LogP contribution is -2.64. The van der Waals surface area contributed by atoms with Crippen LogP contribution in [-0.2, 0) is 41.8 Å². The van der Waals surface area contributed by atoms with Crippen LogP contribution in [0, 0.1) is 29.1 Å². The number of thiazole rings is 1. The maximum Gasteiger partial charge on any atom is 0.409 e. The van der Waals surface area contributed by atoms with Crippen LogP contribution in [0.4, 0.5) is 30.9 Å². The number of carbonyl (C=O) groups is 8. The lowest BCUT2D eigenvalue weighted by atomic mass is 9.39. The highest BCUT2D eigenvalue weighted by molar-refractivity contribution is 7.22. The molecule has 9 N–H and O–H groups in total. The van der Waals surface area contributed by atoms with Crippen molar-refractivity contribution in [3.8, 4) is 28.1 Å². The van der Waals surface area contributed by atoms with Crippen LogP contribution in [-0.4, -0.2) is 158 Å². The third-order valence-electron chi connectivity index (χ3n) is 19.4. The van der Waals surface area contributed by atoms with Crippen LogP contribution in [0.1, 0.15) is 126 Å². The Hall–Kier alpha value is -9.47. The maximum atomic E-state index is 13.8. The number of urea groups is 2. The number of carbonyl (C=O) groups excluding carboxylic acids is 7. The van der Waals surface area contributed by atoms with Crippen molar-refractivity contribution in [2.45, 2.75) is 149 Å². The number of nitrogens with zero attached hydrogens (tertiary/aromatic N) is 7. The van der Waals surface area contributed by atoms with E-state index in [1.54, 1.807) is 86.6 Å². The van der Waals surface area contributed by atoms with Gasteiger partial charge in [0.15, 0.2) is 10.8 Å². The minimum Gasteiger partial charge on any atom is -0.490 e. The molecule has 0 spiro atoms. The van der Waals surface area contributed by atoms with Gasteiger partial charge < -0.3 is 61.2 Å². The van der Waals surface area contributed by atoms with Crippen LogP contribution >= 0.6 is 11.3 Å². The van der Waals surface area contributed by atoms with Crippen LogP contribution in [0.25, 0.3) is 32.6 Å². The molecular formula is C71H87N13O13S. The number of primary amides is 1. The second-order valence-electron chi connectivity index (χ2n) is 28.1. The Balaban J connectivity index is 0.669. The molecule has 5 heterocycles. The zero-order valence-corrected chi connectivity index (χ0v) is 57.0. The Kier molecular flexibility index (Phi) is 20.9. The average molecular weight is 1360 g/mol. The predicted octanol–water partition coefficient (Wildman–Crippen LogP) is 9.35. The molecule has 520 valence electrons. The molecule has 98 heavy (non-hydrogen) atoms. The number of carboxylic acids is 1. The average Bonchev–Trinajstić information content (AvgIpc) is 0.723. The first-order chi connectivity index (χ1) is 46.8. The van der Waals surface area contributed by atoms with Crippen molar-refractivity contribution >= 4 is 85.8 Å². The van der Waals surface area contributed by atoms with Gasteiger partial charge in [-0.1, -0.05) is 69.7 Å². The van der Waals surface area contributed by atoms with Crippen molar-refractivity contribution in [3.63, 3.8) is 0 Å². The fourth-order valence-electron chi connectivity index (χ4n) is 16.0. The minimum atomic E-state index is -1.19. The Morgan fingerprint density at radius 2 is 1.63 bits per heavy atom. The number of para-hydroxylation sites is 1. The van der Waals surface area contributed by atoms with Gasteiger partial charge in [-0.2, -0.15) is 5.10 Å². The minimum absolute atomic E-state index is 0.000501. The summed E-state index contributed by atoms with van der Waals surface area (Å²) in [5.74, 6) is -2.71. The lowest BCUT2D eigenvalue weighted by Gasteiger charge is -2.69. The molecule has 4 aliphatic carbocycles. The van der Waals surface area contributed by atoms with Crippen molar-refractivity contribution in [1.29, 1.82) is 0 Å². The van der Waals surface area contributed by atoms with Crippen LogP contribution < -0.4 is 42.0 Å². The van der Waals surface area contributed by atoms with Crippen molar-refractivity contribution in [2.75, 3.05) is 62.0 Å². The second-order valence-corrected chi connectivity index (χ2v) is 29.1. The van der Waals surface area contributed by atoms with Crippen molar-refractivity contribution in [1.82, 2.24) is 45.5 Å². The predicted molar refractivity (Wildman–Crippen MR) is 368 cm³/mol. The van der Waals surface area contributed by atoms with Crippen LogP contribution in [0.5, 0.6) is 5.75 Å². The normalized spacial score (nSPS) is 21.9. The van der Waals surface area contributed by atoms with Gasteiger partial charge in [0.25, 0.3) is 0 Å². The van der Waals surface area contributed by atoms with E-state index < -0.39 is 53.8 Å². The molecule has 3 unspecified atom stereocenters. The molecule has 0 radical (unpaired) electrons. The smallest absolute Gasteiger partial charge is 0.409 e. The Labute approximate surface area is 572 Å². The van der Waals surface area contributed by atoms with E-state index in [9.17, 15) is 48.6 Å². The molecule has 4 fully saturated rings. The number of aliphatic hydroxyl groups excluding tert-OH is 1. The number of benzene rings is 3. The molecule has 6 aliphatic rings. The molecule has 26 nitrogen and oxygen atoms in total. The molecule has 3 aromatic carbocycles. The zero-order valence-electron chi connectivity index (χ0n) is 56.2. The molecule has 2 aliphatic heterocycles. The molecule has 0 saturated heterocycles. The number of anilines is 3. The first kappa shape index (κ1) is 69.9. The number of fused-ring (bicyclic) bond motifs is 2. The number of nitrogens with one attached hydrogen (secondary N) is 5. The van der Waals surface area contributed by atoms with Gasteiger partial charge in [-0.15, -0.1) is 0 Å². The third kappa shape index (κ3) is 16.2. The quantitative estimate of drug-likeness (QED) is 0.0212. The van der Waals surface area contributed by atoms with Crippen LogP contribution in [0.2, 0.25) is 0 Å². The fourth-order valence-corrected chi connectivity index (χ4v) is 16.8. The Bertz CT molecular complexity index is 3990. The molecule has 3 aromatic heterocycles. The van der Waals surface area contributed by atoms with E-state index in [0.29, 0.717) is 102 Å². The molecule has 4 bridgehead atoms. The summed E-state index contributed by atoms with van der Waals surface area (Å²) in [7, 11) is 1.67. The molecule has 12 rings (SSSR count). The number of carboxylic acid groups (broad SMARTS) is 1. The number of hydrogen-bond acceptors (Lipinski definition) is 16. The van der Waals surface area contributed by atoms with E-state index in [0.717, 1.165) is 54.4 Å². The molecule has 9 amide bonds. The number of rotatable bonds is 28. The molecular weight excluding hydrogens is 1270 g/mol. The second kappa shape index (κ2) is 29.3. The number of hydrogen-bond donors (Lipinski definition) is 8. The largest absolute Gasteiger partial charge is 0.490 e. The summed E-state index contributed by atoms with van der Waals surface area (Å²) < 4.78 is 21.6. The third-order valence-corrected chi connectivity index (χ3v) is 20.4. The molecule has 5 atom stereocenters. The first-order valence-corrected chi connectivity index (χ1v) is 34.3. The summed E-state index contributed by atoms with van der Waals surface area (Å²) in [4.78, 5) is 118. The highest BCUT2D eigenvalue weighted by atomic mass is 32.1. The first-order valence-electron chi connectivity index (χ1n) is 33.5. The van der Waals surface area contributed by atoms with Gasteiger partial charge in [-0.05, 0) is 160 Å².